The summed E-state index contributed by atoms with van der Waals surface area (Å²) in [5.74, 6) is -1.70. The van der Waals surface area contributed by atoms with Crippen LogP contribution in [0.15, 0.2) is 24.3 Å². The van der Waals surface area contributed by atoms with E-state index in [1.807, 2.05) is 0 Å². The highest BCUT2D eigenvalue weighted by atomic mass is 17.2. The molecular weight excluding hydrogens is 264 g/mol. The van der Waals surface area contributed by atoms with Crippen LogP contribution in [0.4, 0.5) is 0 Å². The van der Waals surface area contributed by atoms with Crippen LogP contribution in [0.25, 0.3) is 0 Å². The van der Waals surface area contributed by atoms with Gasteiger partial charge in [0.05, 0.1) is 13.2 Å². The zero-order chi connectivity index (χ0) is 15.2. The van der Waals surface area contributed by atoms with E-state index in [0.717, 1.165) is 0 Å². The standard InChI is InChI=1S/C14H20O6/c1-5-17-19-12(15)14(13(16)20-18-6-2)9-7-8-10(3)11(14)4/h3-9H2,1-2H3. The number of hydrogen-bond acceptors (Lipinski definition) is 6. The van der Waals surface area contributed by atoms with Crippen LogP contribution in [-0.4, -0.2) is 25.2 Å². The summed E-state index contributed by atoms with van der Waals surface area (Å²) in [5, 5.41) is 0. The molecule has 20 heavy (non-hydrogen) atoms. The lowest BCUT2D eigenvalue weighted by molar-refractivity contribution is -0.293. The van der Waals surface area contributed by atoms with Crippen molar-refractivity contribution in [1.29, 1.82) is 0 Å². The van der Waals surface area contributed by atoms with Crippen molar-refractivity contribution in [2.45, 2.75) is 33.1 Å². The monoisotopic (exact) mass is 284 g/mol. The first-order valence-electron chi connectivity index (χ1n) is 6.56. The van der Waals surface area contributed by atoms with Gasteiger partial charge in [-0.05, 0) is 38.7 Å². The highest BCUT2D eigenvalue weighted by molar-refractivity contribution is 6.04. The summed E-state index contributed by atoms with van der Waals surface area (Å²) < 4.78 is 0. The van der Waals surface area contributed by atoms with E-state index < -0.39 is 17.4 Å². The fraction of sp³-hybridized carbons (Fsp3) is 0.571. The molecule has 0 amide bonds. The number of rotatable bonds is 6. The predicted molar refractivity (Wildman–Crippen MR) is 70.0 cm³/mol. The average molecular weight is 284 g/mol. The lowest BCUT2D eigenvalue weighted by atomic mass is 9.69. The maximum atomic E-state index is 12.2. The quantitative estimate of drug-likeness (QED) is 0.423. The number of carbonyl (C=O) groups is 2. The SMILES string of the molecule is C=C1CCCC(C(=O)OOCC)(C(=O)OOCC)C1=C. The van der Waals surface area contributed by atoms with Gasteiger partial charge in [-0.15, -0.1) is 0 Å². The Morgan fingerprint density at radius 1 is 1.10 bits per heavy atom. The Bertz CT molecular complexity index is 392. The maximum absolute atomic E-state index is 12.2. The van der Waals surface area contributed by atoms with Crippen LogP contribution < -0.4 is 0 Å². The van der Waals surface area contributed by atoms with Gasteiger partial charge in [-0.3, -0.25) is 9.78 Å². The minimum Gasteiger partial charge on any atom is -0.297 e. The number of hydrogen-bond donors (Lipinski definition) is 0. The zero-order valence-electron chi connectivity index (χ0n) is 11.9. The summed E-state index contributed by atoms with van der Waals surface area (Å²) in [4.78, 5) is 43.1. The van der Waals surface area contributed by atoms with Crippen molar-refractivity contribution in [3.8, 4) is 0 Å². The van der Waals surface area contributed by atoms with Crippen molar-refractivity contribution >= 4 is 11.9 Å². The summed E-state index contributed by atoms with van der Waals surface area (Å²) in [7, 11) is 0. The van der Waals surface area contributed by atoms with Crippen LogP contribution >= 0.6 is 0 Å². The molecule has 1 saturated carbocycles. The first-order chi connectivity index (χ1) is 9.50. The second-order valence-corrected chi connectivity index (χ2v) is 4.40. The molecule has 0 N–H and O–H groups in total. The van der Waals surface area contributed by atoms with Crippen molar-refractivity contribution < 1.29 is 29.1 Å². The fourth-order valence-electron chi connectivity index (χ4n) is 2.07. The lowest BCUT2D eigenvalue weighted by Gasteiger charge is -2.34. The molecule has 0 spiro atoms. The minimum absolute atomic E-state index is 0.176. The molecule has 6 nitrogen and oxygen atoms in total. The fourth-order valence-corrected chi connectivity index (χ4v) is 2.07. The van der Waals surface area contributed by atoms with Gasteiger partial charge in [0.2, 0.25) is 0 Å². The van der Waals surface area contributed by atoms with E-state index in [-0.39, 0.29) is 25.2 Å². The summed E-state index contributed by atoms with van der Waals surface area (Å²) in [6.07, 6.45) is 1.49. The molecule has 112 valence electrons. The van der Waals surface area contributed by atoms with Gasteiger partial charge in [-0.2, -0.15) is 9.78 Å². The van der Waals surface area contributed by atoms with E-state index in [1.165, 1.54) is 0 Å². The third kappa shape index (κ3) is 3.08. The summed E-state index contributed by atoms with van der Waals surface area (Å²) in [5.41, 5.74) is -0.726. The lowest BCUT2D eigenvalue weighted by Crippen LogP contribution is -2.45. The molecule has 0 aromatic carbocycles. The van der Waals surface area contributed by atoms with Gasteiger partial charge in [-0.1, -0.05) is 18.7 Å². The van der Waals surface area contributed by atoms with Crippen molar-refractivity contribution in [3.05, 3.63) is 24.3 Å². The van der Waals surface area contributed by atoms with Crippen LogP contribution in [0.3, 0.4) is 0 Å². The molecule has 0 saturated heterocycles. The van der Waals surface area contributed by atoms with Gasteiger partial charge in [-0.25, -0.2) is 9.59 Å². The largest absolute Gasteiger partial charge is 0.364 e. The second kappa shape index (κ2) is 7.21. The van der Waals surface area contributed by atoms with Crippen LogP contribution in [0, 0.1) is 5.41 Å². The highest BCUT2D eigenvalue weighted by Gasteiger charge is 2.54. The molecule has 0 bridgehead atoms. The minimum atomic E-state index is -1.64. The molecule has 1 fully saturated rings. The van der Waals surface area contributed by atoms with Gasteiger partial charge < -0.3 is 0 Å². The molecule has 0 aliphatic heterocycles. The maximum Gasteiger partial charge on any atom is 0.364 e. The Morgan fingerprint density at radius 2 is 1.60 bits per heavy atom. The molecule has 6 heteroatoms. The molecule has 0 aromatic rings. The number of allylic oxidation sites excluding steroid dienone is 1. The third-order valence-electron chi connectivity index (χ3n) is 3.17. The zero-order valence-corrected chi connectivity index (χ0v) is 11.9. The Balaban J connectivity index is 3.04. The molecule has 1 rings (SSSR count). The molecule has 0 heterocycles. The van der Waals surface area contributed by atoms with E-state index >= 15 is 0 Å². The van der Waals surface area contributed by atoms with Crippen molar-refractivity contribution in [2.24, 2.45) is 5.41 Å². The highest BCUT2D eigenvalue weighted by Crippen LogP contribution is 2.44. The molecular formula is C14H20O6. The summed E-state index contributed by atoms with van der Waals surface area (Å²) in [6, 6.07) is 0. The van der Waals surface area contributed by atoms with E-state index in [1.54, 1.807) is 13.8 Å². The van der Waals surface area contributed by atoms with Crippen molar-refractivity contribution in [1.82, 2.24) is 0 Å². The molecule has 0 unspecified atom stereocenters. The topological polar surface area (TPSA) is 71.1 Å². The summed E-state index contributed by atoms with van der Waals surface area (Å²) >= 11 is 0. The first kappa shape index (κ1) is 16.4. The molecule has 0 aromatic heterocycles. The van der Waals surface area contributed by atoms with Crippen LogP contribution in [0.1, 0.15) is 33.1 Å². The smallest absolute Gasteiger partial charge is 0.297 e. The van der Waals surface area contributed by atoms with Crippen LogP contribution in [0.2, 0.25) is 0 Å². The van der Waals surface area contributed by atoms with Gasteiger partial charge in [0, 0.05) is 0 Å². The van der Waals surface area contributed by atoms with E-state index in [2.05, 4.69) is 32.7 Å². The molecule has 1 aliphatic carbocycles. The Morgan fingerprint density at radius 3 is 2.05 bits per heavy atom. The number of carbonyl (C=O) groups excluding carboxylic acids is 2. The molecule has 0 atom stereocenters. The Labute approximate surface area is 118 Å². The van der Waals surface area contributed by atoms with E-state index in [9.17, 15) is 9.59 Å². The van der Waals surface area contributed by atoms with Crippen molar-refractivity contribution in [3.63, 3.8) is 0 Å². The van der Waals surface area contributed by atoms with E-state index in [4.69, 9.17) is 0 Å². The second-order valence-electron chi connectivity index (χ2n) is 4.40. The molecule has 1 aliphatic rings. The van der Waals surface area contributed by atoms with Crippen LogP contribution in [-0.2, 0) is 29.1 Å². The normalized spacial score (nSPS) is 17.7. The van der Waals surface area contributed by atoms with Gasteiger partial charge in [0.15, 0.2) is 5.41 Å². The van der Waals surface area contributed by atoms with Gasteiger partial charge in [0.1, 0.15) is 0 Å². The van der Waals surface area contributed by atoms with Gasteiger partial charge >= 0.3 is 11.9 Å². The van der Waals surface area contributed by atoms with Crippen LogP contribution in [0.5, 0.6) is 0 Å². The summed E-state index contributed by atoms with van der Waals surface area (Å²) in [6.45, 7) is 11.3. The van der Waals surface area contributed by atoms with Crippen molar-refractivity contribution in [2.75, 3.05) is 13.2 Å². The third-order valence-corrected chi connectivity index (χ3v) is 3.17. The Kier molecular flexibility index (Phi) is 5.91. The predicted octanol–water partition coefficient (Wildman–Crippen LogP) is 2.26. The first-order valence-corrected chi connectivity index (χ1v) is 6.56. The Hall–Kier alpha value is -1.66. The molecule has 0 radical (unpaired) electrons. The average Bonchev–Trinajstić information content (AvgIpc) is 2.45. The van der Waals surface area contributed by atoms with E-state index in [0.29, 0.717) is 18.4 Å². The van der Waals surface area contributed by atoms with Gasteiger partial charge in [0.25, 0.3) is 0 Å².